The molecule has 1 saturated carbocycles. The summed E-state index contributed by atoms with van der Waals surface area (Å²) in [6.45, 7) is 5.27. The van der Waals surface area contributed by atoms with Gasteiger partial charge in [-0.05, 0) is 44.6 Å². The number of nitrogens with zero attached hydrogens (tertiary/aromatic N) is 4. The van der Waals surface area contributed by atoms with Crippen molar-refractivity contribution in [1.29, 1.82) is 0 Å². The molecule has 3 aromatic rings. The van der Waals surface area contributed by atoms with Gasteiger partial charge in [-0.3, -0.25) is 5.32 Å². The molecule has 0 bridgehead atoms. The van der Waals surface area contributed by atoms with Gasteiger partial charge in [0.2, 0.25) is 5.88 Å². The lowest BCUT2D eigenvalue weighted by Gasteiger charge is -2.20. The molecule has 3 aromatic heterocycles. The quantitative estimate of drug-likeness (QED) is 0.643. The molecule has 9 nitrogen and oxygen atoms in total. The first-order chi connectivity index (χ1) is 13.5. The maximum absolute atomic E-state index is 12.5. The number of aromatic nitrogens is 4. The number of fused-ring (bicyclic) bond motifs is 2. The molecule has 28 heavy (non-hydrogen) atoms. The van der Waals surface area contributed by atoms with Crippen molar-refractivity contribution in [3.8, 4) is 0 Å². The van der Waals surface area contributed by atoms with E-state index < -0.39 is 0 Å². The molecule has 1 unspecified atom stereocenters. The Morgan fingerprint density at radius 1 is 1.25 bits per heavy atom. The molecule has 4 heterocycles. The van der Waals surface area contributed by atoms with Gasteiger partial charge in [-0.15, -0.1) is 0 Å². The zero-order chi connectivity index (χ0) is 19.3. The van der Waals surface area contributed by atoms with E-state index in [2.05, 4.69) is 30.7 Å². The van der Waals surface area contributed by atoms with Gasteiger partial charge in [0.15, 0.2) is 0 Å². The van der Waals surface area contributed by atoms with E-state index in [1.165, 1.54) is 0 Å². The average molecular weight is 381 g/mol. The van der Waals surface area contributed by atoms with Gasteiger partial charge in [0, 0.05) is 31.4 Å². The number of rotatable bonds is 3. The van der Waals surface area contributed by atoms with Crippen LogP contribution in [-0.4, -0.2) is 50.2 Å². The van der Waals surface area contributed by atoms with Crippen molar-refractivity contribution in [3.63, 3.8) is 0 Å². The van der Waals surface area contributed by atoms with Gasteiger partial charge in [-0.2, -0.15) is 0 Å². The fourth-order valence-electron chi connectivity index (χ4n) is 4.55. The molecular formula is C19H23N7O2. The van der Waals surface area contributed by atoms with Crippen molar-refractivity contribution in [1.82, 2.24) is 25.0 Å². The maximum Gasteiger partial charge on any atom is 0.324 e. The highest BCUT2D eigenvalue weighted by Gasteiger charge is 2.42. The second kappa shape index (κ2) is 6.50. The predicted octanol–water partition coefficient (Wildman–Crippen LogP) is 2.92. The molecule has 0 radical (unpaired) electrons. The number of anilines is 2. The van der Waals surface area contributed by atoms with Crippen LogP contribution in [0.3, 0.4) is 0 Å². The fraction of sp³-hybridized carbons (Fsp3) is 0.474. The Hall–Kier alpha value is -3.10. The lowest BCUT2D eigenvalue weighted by Crippen LogP contribution is -2.34. The van der Waals surface area contributed by atoms with Crippen molar-refractivity contribution < 1.29 is 9.32 Å². The highest BCUT2D eigenvalue weighted by molar-refractivity contribution is 5.88. The number of hydrogen-bond donors (Lipinski definition) is 3. The third-order valence-corrected chi connectivity index (χ3v) is 5.76. The van der Waals surface area contributed by atoms with Gasteiger partial charge < -0.3 is 19.7 Å². The molecule has 9 heteroatoms. The fourth-order valence-corrected chi connectivity index (χ4v) is 4.55. The maximum atomic E-state index is 12.5. The minimum absolute atomic E-state index is 0.115. The highest BCUT2D eigenvalue weighted by atomic mass is 16.5. The highest BCUT2D eigenvalue weighted by Crippen LogP contribution is 2.39. The molecule has 0 spiro atoms. The summed E-state index contributed by atoms with van der Waals surface area (Å²) in [5, 5.41) is 11.2. The summed E-state index contributed by atoms with van der Waals surface area (Å²) in [5.74, 6) is 3.05. The number of amides is 2. The van der Waals surface area contributed by atoms with Crippen molar-refractivity contribution in [2.75, 3.05) is 23.7 Å². The van der Waals surface area contributed by atoms with Gasteiger partial charge in [-0.1, -0.05) is 5.16 Å². The van der Waals surface area contributed by atoms with Crippen LogP contribution in [-0.2, 0) is 0 Å². The zero-order valence-corrected chi connectivity index (χ0v) is 15.9. The topological polar surface area (TPSA) is 112 Å². The lowest BCUT2D eigenvalue weighted by molar-refractivity contribution is 0.217. The number of likely N-dealkylation sites (tertiary alicyclic amines) is 1. The molecule has 1 saturated heterocycles. The molecule has 5 rings (SSSR count). The standard InChI is InChI=1S/C19H23N7O2/c1-10-5-16(28-25-10)24-19(27)26-8-12-6-14(7-13(12)9-26)23-18-15-3-4-20-17(15)21-11(2)22-18/h3-5,12-14H,6-9H2,1-2H3,(H,24,27)(H2,20,21,22,23)/t12-,13+,14?. The van der Waals surface area contributed by atoms with Gasteiger partial charge in [0.25, 0.3) is 0 Å². The zero-order valence-electron chi connectivity index (χ0n) is 15.9. The lowest BCUT2D eigenvalue weighted by atomic mass is 10.0. The summed E-state index contributed by atoms with van der Waals surface area (Å²) in [6.07, 6.45) is 3.95. The van der Waals surface area contributed by atoms with Gasteiger partial charge >= 0.3 is 6.03 Å². The largest absolute Gasteiger partial charge is 0.367 e. The summed E-state index contributed by atoms with van der Waals surface area (Å²) in [7, 11) is 0. The van der Waals surface area contributed by atoms with Crippen LogP contribution in [0.5, 0.6) is 0 Å². The van der Waals surface area contributed by atoms with Crippen LogP contribution in [0.1, 0.15) is 24.4 Å². The van der Waals surface area contributed by atoms with E-state index in [-0.39, 0.29) is 6.03 Å². The normalized spacial score (nSPS) is 23.9. The SMILES string of the molecule is Cc1cc(NC(=O)N2C[C@H]3CC(Nc4nc(C)nc5[nH]ccc45)C[C@H]3C2)on1. The van der Waals surface area contributed by atoms with E-state index in [4.69, 9.17) is 4.52 Å². The summed E-state index contributed by atoms with van der Waals surface area (Å²) in [4.78, 5) is 26.5. The number of aryl methyl sites for hydroxylation is 2. The van der Waals surface area contributed by atoms with Crippen LogP contribution in [0.4, 0.5) is 16.5 Å². The Balaban J connectivity index is 1.21. The third-order valence-electron chi connectivity index (χ3n) is 5.76. The van der Waals surface area contributed by atoms with Gasteiger partial charge in [-0.25, -0.2) is 14.8 Å². The van der Waals surface area contributed by atoms with Crippen LogP contribution in [0.15, 0.2) is 22.9 Å². The van der Waals surface area contributed by atoms with E-state index in [0.717, 1.165) is 54.3 Å². The number of nitrogens with one attached hydrogen (secondary N) is 3. The number of carbonyl (C=O) groups excluding carboxylic acids is 1. The first kappa shape index (κ1) is 17.0. The Labute approximate surface area is 161 Å². The van der Waals surface area contributed by atoms with Crippen LogP contribution in [0, 0.1) is 25.7 Å². The second-order valence-corrected chi connectivity index (χ2v) is 7.86. The molecule has 146 valence electrons. The van der Waals surface area contributed by atoms with E-state index in [0.29, 0.717) is 23.8 Å². The molecule has 3 atom stereocenters. The monoisotopic (exact) mass is 381 g/mol. The van der Waals surface area contributed by atoms with Crippen molar-refractivity contribution in [2.45, 2.75) is 32.7 Å². The van der Waals surface area contributed by atoms with Crippen LogP contribution >= 0.6 is 0 Å². The average Bonchev–Trinajstić information content (AvgIpc) is 3.38. The van der Waals surface area contributed by atoms with Gasteiger partial charge in [0.05, 0.1) is 11.1 Å². The molecule has 2 amide bonds. The van der Waals surface area contributed by atoms with Crippen molar-refractivity contribution >= 4 is 28.8 Å². The predicted molar refractivity (Wildman–Crippen MR) is 104 cm³/mol. The van der Waals surface area contributed by atoms with E-state index in [9.17, 15) is 4.79 Å². The summed E-state index contributed by atoms with van der Waals surface area (Å²) < 4.78 is 5.08. The Kier molecular flexibility index (Phi) is 3.96. The van der Waals surface area contributed by atoms with E-state index >= 15 is 0 Å². The minimum Gasteiger partial charge on any atom is -0.367 e. The molecule has 1 aliphatic heterocycles. The number of hydrogen-bond acceptors (Lipinski definition) is 6. The molecule has 2 fully saturated rings. The second-order valence-electron chi connectivity index (χ2n) is 7.86. The smallest absolute Gasteiger partial charge is 0.324 e. The van der Waals surface area contributed by atoms with Crippen molar-refractivity contribution in [3.05, 3.63) is 29.8 Å². The minimum atomic E-state index is -0.115. The number of carbonyl (C=O) groups is 1. The first-order valence-electron chi connectivity index (χ1n) is 9.62. The van der Waals surface area contributed by atoms with E-state index in [1.54, 1.807) is 6.07 Å². The molecule has 1 aliphatic carbocycles. The number of H-pyrrole nitrogens is 1. The first-order valence-corrected chi connectivity index (χ1v) is 9.62. The van der Waals surface area contributed by atoms with E-state index in [1.807, 2.05) is 31.0 Å². The van der Waals surface area contributed by atoms with Gasteiger partial charge in [0.1, 0.15) is 17.3 Å². The van der Waals surface area contributed by atoms with Crippen molar-refractivity contribution in [2.24, 2.45) is 11.8 Å². The summed E-state index contributed by atoms with van der Waals surface area (Å²) in [5.41, 5.74) is 1.61. The molecular weight excluding hydrogens is 358 g/mol. The Bertz CT molecular complexity index is 1010. The Morgan fingerprint density at radius 3 is 2.75 bits per heavy atom. The number of urea groups is 1. The molecule has 3 N–H and O–H groups in total. The number of aromatic amines is 1. The molecule has 0 aromatic carbocycles. The molecule has 2 aliphatic rings. The summed E-state index contributed by atoms with van der Waals surface area (Å²) in [6, 6.07) is 3.98. The third kappa shape index (κ3) is 3.06. The van der Waals surface area contributed by atoms with Crippen LogP contribution in [0.25, 0.3) is 11.0 Å². The Morgan fingerprint density at radius 2 is 2.04 bits per heavy atom. The summed E-state index contributed by atoms with van der Waals surface area (Å²) >= 11 is 0. The van der Waals surface area contributed by atoms with Crippen LogP contribution < -0.4 is 10.6 Å². The van der Waals surface area contributed by atoms with Crippen LogP contribution in [0.2, 0.25) is 0 Å².